The predicted octanol–water partition coefficient (Wildman–Crippen LogP) is 1.91. The van der Waals surface area contributed by atoms with Gasteiger partial charge in [0.25, 0.3) is 23.6 Å². The van der Waals surface area contributed by atoms with Crippen LogP contribution in [-0.4, -0.2) is 81.6 Å². The van der Waals surface area contributed by atoms with Crippen molar-refractivity contribution in [3.63, 3.8) is 0 Å². The maximum atomic E-state index is 12.7. The van der Waals surface area contributed by atoms with E-state index in [9.17, 15) is 24.4 Å². The summed E-state index contributed by atoms with van der Waals surface area (Å²) in [7, 11) is 5.96. The molecule has 2 aromatic carbocycles. The summed E-state index contributed by atoms with van der Waals surface area (Å²) in [5, 5.41) is 11.4. The Bertz CT molecular complexity index is 1480. The number of hydrogen-bond acceptors (Lipinski definition) is 7. The first-order valence-electron chi connectivity index (χ1n) is 10.6. The van der Waals surface area contributed by atoms with Gasteiger partial charge in [0.2, 0.25) is 0 Å². The summed E-state index contributed by atoms with van der Waals surface area (Å²) >= 11 is 10.2. The lowest BCUT2D eigenvalue weighted by molar-refractivity contribution is -0.133. The number of fused-ring (bicyclic) bond motifs is 1. The van der Waals surface area contributed by atoms with Gasteiger partial charge in [-0.2, -0.15) is 5.26 Å². The van der Waals surface area contributed by atoms with Crippen molar-refractivity contribution < 1.29 is 19.2 Å². The molecule has 0 aliphatic carbocycles. The van der Waals surface area contributed by atoms with E-state index in [-0.39, 0.29) is 26.9 Å². The first-order valence-corrected chi connectivity index (χ1v) is 11.4. The van der Waals surface area contributed by atoms with Gasteiger partial charge >= 0.3 is 0 Å². The van der Waals surface area contributed by atoms with Crippen molar-refractivity contribution in [2.24, 2.45) is 0 Å². The summed E-state index contributed by atoms with van der Waals surface area (Å²) in [4.78, 5) is 55.4. The van der Waals surface area contributed by atoms with E-state index in [1.54, 1.807) is 30.3 Å². The number of hydrogen-bond donors (Lipinski definition) is 0. The van der Waals surface area contributed by atoms with Crippen molar-refractivity contribution in [1.29, 1.82) is 5.26 Å². The normalized spacial score (nSPS) is 16.9. The molecule has 4 amide bonds. The number of benzene rings is 2. The summed E-state index contributed by atoms with van der Waals surface area (Å²) in [6, 6.07) is 10.6. The van der Waals surface area contributed by atoms with Crippen molar-refractivity contribution in [2.45, 2.75) is 0 Å². The van der Waals surface area contributed by atoms with E-state index in [0.29, 0.717) is 21.9 Å². The average molecular weight is 518 g/mol. The van der Waals surface area contributed by atoms with E-state index >= 15 is 0 Å². The van der Waals surface area contributed by atoms with Crippen LogP contribution >= 0.6 is 24.4 Å². The fourth-order valence-corrected chi connectivity index (χ4v) is 4.30. The highest BCUT2D eigenvalue weighted by Crippen LogP contribution is 2.28. The lowest BCUT2D eigenvalue weighted by atomic mass is 9.95. The Kier molecular flexibility index (Phi) is 6.26. The third-order valence-corrected chi connectivity index (χ3v) is 7.18. The largest absolute Gasteiger partial charge is 0.288 e. The molecule has 0 N–H and O–H groups in total. The molecule has 2 heterocycles. The second-order valence-corrected chi connectivity index (χ2v) is 8.99. The number of amides is 4. The van der Waals surface area contributed by atoms with Crippen LogP contribution in [0.4, 0.5) is 0 Å². The molecule has 2 aliphatic rings. The zero-order valence-electron chi connectivity index (χ0n) is 19.7. The zero-order chi connectivity index (χ0) is 26.5. The van der Waals surface area contributed by atoms with E-state index in [1.165, 1.54) is 59.9 Å². The Morgan fingerprint density at radius 2 is 1.19 bits per heavy atom. The highest BCUT2D eigenvalue weighted by Gasteiger charge is 2.36. The maximum absolute atomic E-state index is 12.7. The van der Waals surface area contributed by atoms with Gasteiger partial charge in [0, 0.05) is 33.6 Å². The Morgan fingerprint density at radius 1 is 0.722 bits per heavy atom. The average Bonchev–Trinajstić information content (AvgIpc) is 2.88. The minimum absolute atomic E-state index is 0.0321. The number of nitriles is 1. The van der Waals surface area contributed by atoms with Crippen LogP contribution in [0.3, 0.4) is 0 Å². The number of likely N-dealkylation sites (N-methyl/N-ethyl adjacent to an activating group) is 4. The Morgan fingerprint density at radius 3 is 1.67 bits per heavy atom. The molecule has 2 aromatic rings. The van der Waals surface area contributed by atoms with Crippen molar-refractivity contribution in [1.82, 2.24) is 19.6 Å². The van der Waals surface area contributed by atoms with Crippen LogP contribution in [0.5, 0.6) is 0 Å². The van der Waals surface area contributed by atoms with Crippen LogP contribution in [-0.2, 0) is 19.2 Å². The third-order valence-electron chi connectivity index (χ3n) is 6.09. The van der Waals surface area contributed by atoms with Crippen molar-refractivity contribution in [2.75, 3.05) is 28.2 Å². The minimum atomic E-state index is -0.551. The van der Waals surface area contributed by atoms with Crippen molar-refractivity contribution >= 4 is 81.2 Å². The molecule has 11 heteroatoms. The maximum Gasteiger partial charge on any atom is 0.265 e. The summed E-state index contributed by atoms with van der Waals surface area (Å²) in [5.74, 6) is -2.10. The van der Waals surface area contributed by atoms with Crippen LogP contribution in [0, 0.1) is 11.3 Å². The molecule has 0 spiro atoms. The SMILES string of the molecule is CN1C(=O)C(=Cc2ccc3c(C#N)c(C=C4C(=O)N(C)C(=S)N(C)C4=O)ccc3c2)C(=O)N(C)C1=S. The van der Waals surface area contributed by atoms with Gasteiger partial charge in [-0.05, 0) is 59.2 Å². The summed E-state index contributed by atoms with van der Waals surface area (Å²) in [5.41, 5.74) is 1.12. The second-order valence-electron chi connectivity index (χ2n) is 8.26. The molecular formula is C25H19N5O4S2. The molecule has 2 fully saturated rings. The highest BCUT2D eigenvalue weighted by molar-refractivity contribution is 7.80. The van der Waals surface area contributed by atoms with E-state index in [4.69, 9.17) is 24.4 Å². The first kappa shape index (κ1) is 24.8. The van der Waals surface area contributed by atoms with Gasteiger partial charge in [-0.15, -0.1) is 0 Å². The molecule has 2 aliphatic heterocycles. The smallest absolute Gasteiger partial charge is 0.265 e. The van der Waals surface area contributed by atoms with E-state index in [2.05, 4.69) is 6.07 Å². The van der Waals surface area contributed by atoms with E-state index in [0.717, 1.165) is 0 Å². The lowest BCUT2D eigenvalue weighted by Gasteiger charge is -2.31. The Labute approximate surface area is 217 Å². The number of thiocarbonyl (C=S) groups is 2. The van der Waals surface area contributed by atoms with Gasteiger partial charge in [0.1, 0.15) is 17.2 Å². The summed E-state index contributed by atoms with van der Waals surface area (Å²) in [6.45, 7) is 0. The molecule has 0 saturated carbocycles. The molecule has 0 atom stereocenters. The molecule has 0 radical (unpaired) electrons. The van der Waals surface area contributed by atoms with Gasteiger partial charge in [-0.1, -0.05) is 24.3 Å². The summed E-state index contributed by atoms with van der Waals surface area (Å²) < 4.78 is 0. The fraction of sp³-hybridized carbons (Fsp3) is 0.160. The first-order chi connectivity index (χ1) is 17.0. The topological polar surface area (TPSA) is 105 Å². The lowest BCUT2D eigenvalue weighted by Crippen LogP contribution is -2.52. The van der Waals surface area contributed by atoms with E-state index in [1.807, 2.05) is 0 Å². The van der Waals surface area contributed by atoms with Gasteiger partial charge < -0.3 is 0 Å². The standard InChI is InChI=1S/C25H19N5O4S2/c1-27-20(31)17(21(32)28(2)24(27)35)10-13-5-8-16-14(9-13)6-7-15(19(16)12-26)11-18-22(33)29(3)25(36)30(4)23(18)34/h5-11H,1-4H3. The predicted molar refractivity (Wildman–Crippen MR) is 141 cm³/mol. The molecule has 0 aromatic heterocycles. The minimum Gasteiger partial charge on any atom is -0.288 e. The van der Waals surface area contributed by atoms with E-state index < -0.39 is 23.6 Å². The Hall–Kier alpha value is -4.27. The Balaban J connectivity index is 1.78. The van der Waals surface area contributed by atoms with Gasteiger partial charge in [-0.25, -0.2) is 0 Å². The van der Waals surface area contributed by atoms with Gasteiger partial charge in [0.05, 0.1) is 5.56 Å². The van der Waals surface area contributed by atoms with Crippen molar-refractivity contribution in [3.05, 3.63) is 58.2 Å². The van der Waals surface area contributed by atoms with Crippen LogP contribution in [0.15, 0.2) is 41.5 Å². The molecular weight excluding hydrogens is 498 g/mol. The summed E-state index contributed by atoms with van der Waals surface area (Å²) in [6.07, 6.45) is 2.87. The van der Waals surface area contributed by atoms with Crippen LogP contribution < -0.4 is 0 Å². The van der Waals surface area contributed by atoms with Gasteiger partial charge in [-0.3, -0.25) is 38.8 Å². The third kappa shape index (κ3) is 3.86. The molecule has 0 bridgehead atoms. The zero-order valence-corrected chi connectivity index (χ0v) is 21.4. The number of carbonyl (C=O) groups is 4. The monoisotopic (exact) mass is 517 g/mol. The van der Waals surface area contributed by atoms with Crippen LogP contribution in [0.25, 0.3) is 22.9 Å². The molecule has 9 nitrogen and oxygen atoms in total. The molecule has 180 valence electrons. The molecule has 36 heavy (non-hydrogen) atoms. The van der Waals surface area contributed by atoms with Crippen LogP contribution in [0.2, 0.25) is 0 Å². The molecule has 2 saturated heterocycles. The van der Waals surface area contributed by atoms with Crippen molar-refractivity contribution in [3.8, 4) is 6.07 Å². The second kappa shape index (κ2) is 9.07. The quantitative estimate of drug-likeness (QED) is 0.340. The number of rotatable bonds is 2. The highest BCUT2D eigenvalue weighted by atomic mass is 32.1. The fourth-order valence-electron chi connectivity index (χ4n) is 3.97. The molecule has 4 rings (SSSR count). The van der Waals surface area contributed by atoms with Crippen LogP contribution in [0.1, 0.15) is 16.7 Å². The number of nitrogens with zero attached hydrogens (tertiary/aromatic N) is 5. The number of carbonyl (C=O) groups excluding carboxylic acids is 4. The van der Waals surface area contributed by atoms with Gasteiger partial charge in [0.15, 0.2) is 10.2 Å². The molecule has 0 unspecified atom stereocenters.